The predicted octanol–water partition coefficient (Wildman–Crippen LogP) is -0.434. The lowest BCUT2D eigenvalue weighted by molar-refractivity contribution is 0.243. The number of hydrogen-bond donors (Lipinski definition) is 4. The monoisotopic (exact) mass is 200 g/mol. The summed E-state index contributed by atoms with van der Waals surface area (Å²) in [6.07, 6.45) is 3.37. The first kappa shape index (κ1) is 12.0. The van der Waals surface area contributed by atoms with E-state index in [1.54, 1.807) is 0 Å². The van der Waals surface area contributed by atoms with Crippen LogP contribution in [0.1, 0.15) is 26.2 Å². The molecule has 0 aromatic rings. The lowest BCUT2D eigenvalue weighted by Gasteiger charge is -2.31. The van der Waals surface area contributed by atoms with Crippen LogP contribution in [0.3, 0.4) is 0 Å². The van der Waals surface area contributed by atoms with E-state index < -0.39 is 7.12 Å². The van der Waals surface area contributed by atoms with Crippen molar-refractivity contribution in [3.05, 3.63) is 0 Å². The molecule has 1 rings (SSSR count). The van der Waals surface area contributed by atoms with Crippen molar-refractivity contribution in [2.75, 3.05) is 13.1 Å². The van der Waals surface area contributed by atoms with Crippen LogP contribution in [-0.2, 0) is 0 Å². The maximum atomic E-state index is 8.76. The summed E-state index contributed by atoms with van der Waals surface area (Å²) in [7, 11) is -1.17. The highest BCUT2D eigenvalue weighted by Crippen LogP contribution is 2.35. The van der Waals surface area contributed by atoms with Gasteiger partial charge in [-0.05, 0) is 44.6 Å². The molecule has 1 aliphatic rings. The summed E-state index contributed by atoms with van der Waals surface area (Å²) >= 11 is 0. The van der Waals surface area contributed by atoms with Crippen molar-refractivity contribution in [3.63, 3.8) is 0 Å². The Morgan fingerprint density at radius 2 is 2.29 bits per heavy atom. The summed E-state index contributed by atoms with van der Waals surface area (Å²) in [4.78, 5) is 0. The molecule has 1 fully saturated rings. The molecule has 1 saturated heterocycles. The van der Waals surface area contributed by atoms with Crippen LogP contribution in [0.15, 0.2) is 0 Å². The molecule has 5 N–H and O–H groups in total. The molecule has 0 aromatic carbocycles. The fraction of sp³-hybridized carbons (Fsp3) is 1.00. The molecule has 1 heterocycles. The second-order valence-corrected chi connectivity index (χ2v) is 4.37. The largest absolute Gasteiger partial charge is 0.451 e. The van der Waals surface area contributed by atoms with Gasteiger partial charge in [-0.1, -0.05) is 6.42 Å². The summed E-state index contributed by atoms with van der Waals surface area (Å²) < 4.78 is 0. The molecule has 0 unspecified atom stereocenters. The van der Waals surface area contributed by atoms with Gasteiger partial charge in [-0.3, -0.25) is 0 Å². The van der Waals surface area contributed by atoms with Gasteiger partial charge in [0, 0.05) is 6.04 Å². The summed E-state index contributed by atoms with van der Waals surface area (Å²) in [6, 6.07) is 0.448. The molecule has 82 valence electrons. The SMILES string of the molecule is C[C@H]1NCC[C@@]1(CN)CCCB(O)O. The maximum Gasteiger partial charge on any atom is 0.451 e. The Morgan fingerprint density at radius 3 is 2.71 bits per heavy atom. The highest BCUT2D eigenvalue weighted by Gasteiger charge is 2.38. The summed E-state index contributed by atoms with van der Waals surface area (Å²) in [5.74, 6) is 0. The molecular formula is C9H21BN2O2. The Labute approximate surface area is 86.0 Å². The molecular weight excluding hydrogens is 179 g/mol. The van der Waals surface area contributed by atoms with Gasteiger partial charge in [0.15, 0.2) is 0 Å². The third-order valence-corrected chi connectivity index (χ3v) is 3.54. The Morgan fingerprint density at radius 1 is 1.57 bits per heavy atom. The summed E-state index contributed by atoms with van der Waals surface area (Å²) in [5, 5.41) is 20.9. The number of rotatable bonds is 5. The zero-order valence-corrected chi connectivity index (χ0v) is 8.87. The first-order valence-corrected chi connectivity index (χ1v) is 5.40. The van der Waals surface area contributed by atoms with Gasteiger partial charge in [0.05, 0.1) is 0 Å². The van der Waals surface area contributed by atoms with Crippen LogP contribution in [-0.4, -0.2) is 36.3 Å². The maximum absolute atomic E-state index is 8.76. The molecule has 1 aliphatic heterocycles. The van der Waals surface area contributed by atoms with Gasteiger partial charge in [-0.2, -0.15) is 0 Å². The number of nitrogens with one attached hydrogen (secondary N) is 1. The normalized spacial score (nSPS) is 32.1. The van der Waals surface area contributed by atoms with Crippen LogP contribution < -0.4 is 11.1 Å². The second-order valence-electron chi connectivity index (χ2n) is 4.37. The van der Waals surface area contributed by atoms with Crippen LogP contribution in [0.4, 0.5) is 0 Å². The minimum Gasteiger partial charge on any atom is -0.427 e. The van der Waals surface area contributed by atoms with Crippen molar-refractivity contribution in [3.8, 4) is 0 Å². The standard InChI is InChI=1S/C9H21BN2O2/c1-8-9(7-11,4-6-12-8)3-2-5-10(13)14/h8,12-14H,2-7,11H2,1H3/t8-,9-/m1/s1. The third kappa shape index (κ3) is 2.70. The van der Waals surface area contributed by atoms with E-state index in [2.05, 4.69) is 12.2 Å². The van der Waals surface area contributed by atoms with E-state index in [-0.39, 0.29) is 5.41 Å². The van der Waals surface area contributed by atoms with Gasteiger partial charge in [-0.25, -0.2) is 0 Å². The molecule has 5 heteroatoms. The smallest absolute Gasteiger partial charge is 0.427 e. The van der Waals surface area contributed by atoms with Gasteiger partial charge >= 0.3 is 7.12 Å². The van der Waals surface area contributed by atoms with E-state index in [0.29, 0.717) is 18.9 Å². The van der Waals surface area contributed by atoms with Gasteiger partial charge < -0.3 is 21.1 Å². The van der Waals surface area contributed by atoms with Crippen molar-refractivity contribution in [2.45, 2.75) is 38.5 Å². The first-order chi connectivity index (χ1) is 6.60. The van der Waals surface area contributed by atoms with Gasteiger partial charge in [0.2, 0.25) is 0 Å². The van der Waals surface area contributed by atoms with Crippen LogP contribution in [0, 0.1) is 5.41 Å². The molecule has 2 atom stereocenters. The Kier molecular flexibility index (Phi) is 4.38. The van der Waals surface area contributed by atoms with Gasteiger partial charge in [0.1, 0.15) is 0 Å². The van der Waals surface area contributed by atoms with Crippen molar-refractivity contribution < 1.29 is 10.0 Å². The Hall–Kier alpha value is -0.0951. The number of hydrogen-bond acceptors (Lipinski definition) is 4. The van der Waals surface area contributed by atoms with E-state index in [4.69, 9.17) is 15.8 Å². The molecule has 0 aliphatic carbocycles. The van der Waals surface area contributed by atoms with Crippen molar-refractivity contribution >= 4 is 7.12 Å². The van der Waals surface area contributed by atoms with Gasteiger partial charge in [-0.15, -0.1) is 0 Å². The molecule has 4 nitrogen and oxygen atoms in total. The third-order valence-electron chi connectivity index (χ3n) is 3.54. The average molecular weight is 200 g/mol. The predicted molar refractivity (Wildman–Crippen MR) is 57.8 cm³/mol. The molecule has 0 radical (unpaired) electrons. The Balaban J connectivity index is 2.37. The van der Waals surface area contributed by atoms with Crippen LogP contribution >= 0.6 is 0 Å². The average Bonchev–Trinajstić information content (AvgIpc) is 2.48. The molecule has 0 bridgehead atoms. The van der Waals surface area contributed by atoms with E-state index in [9.17, 15) is 0 Å². The lowest BCUT2D eigenvalue weighted by Crippen LogP contribution is -2.40. The van der Waals surface area contributed by atoms with Gasteiger partial charge in [0.25, 0.3) is 0 Å². The zero-order chi connectivity index (χ0) is 10.6. The minimum absolute atomic E-state index is 0.175. The van der Waals surface area contributed by atoms with Crippen molar-refractivity contribution in [1.29, 1.82) is 0 Å². The quantitative estimate of drug-likeness (QED) is 0.454. The molecule has 0 spiro atoms. The highest BCUT2D eigenvalue weighted by atomic mass is 16.4. The van der Waals surface area contributed by atoms with E-state index >= 15 is 0 Å². The zero-order valence-electron chi connectivity index (χ0n) is 8.87. The Bertz CT molecular complexity index is 180. The summed E-state index contributed by atoms with van der Waals surface area (Å²) in [5.41, 5.74) is 5.99. The van der Waals surface area contributed by atoms with E-state index in [0.717, 1.165) is 25.8 Å². The first-order valence-electron chi connectivity index (χ1n) is 5.40. The number of nitrogens with two attached hydrogens (primary N) is 1. The highest BCUT2D eigenvalue weighted by molar-refractivity contribution is 6.40. The molecule has 14 heavy (non-hydrogen) atoms. The minimum atomic E-state index is -1.17. The fourth-order valence-corrected chi connectivity index (χ4v) is 2.33. The molecule has 0 amide bonds. The molecule has 0 saturated carbocycles. The molecule has 0 aromatic heterocycles. The van der Waals surface area contributed by atoms with Crippen molar-refractivity contribution in [2.24, 2.45) is 11.1 Å². The topological polar surface area (TPSA) is 78.5 Å². The van der Waals surface area contributed by atoms with Crippen molar-refractivity contribution in [1.82, 2.24) is 5.32 Å². The fourth-order valence-electron chi connectivity index (χ4n) is 2.33. The lowest BCUT2D eigenvalue weighted by atomic mass is 9.73. The van der Waals surface area contributed by atoms with E-state index in [1.165, 1.54) is 0 Å². The van der Waals surface area contributed by atoms with Crippen LogP contribution in [0.5, 0.6) is 0 Å². The van der Waals surface area contributed by atoms with Crippen LogP contribution in [0.2, 0.25) is 6.32 Å². The second kappa shape index (κ2) is 5.12. The van der Waals surface area contributed by atoms with E-state index in [1.807, 2.05) is 0 Å². The van der Waals surface area contributed by atoms with Crippen LogP contribution in [0.25, 0.3) is 0 Å². The summed E-state index contributed by atoms with van der Waals surface area (Å²) in [6.45, 7) is 3.87.